The van der Waals surface area contributed by atoms with Crippen molar-refractivity contribution < 1.29 is 9.59 Å². The number of hydrogen-bond acceptors (Lipinski definition) is 2. The lowest BCUT2D eigenvalue weighted by Gasteiger charge is -2.34. The van der Waals surface area contributed by atoms with Gasteiger partial charge in [-0.1, -0.05) is 109 Å². The van der Waals surface area contributed by atoms with Gasteiger partial charge in [0.2, 0.25) is 5.91 Å². The van der Waals surface area contributed by atoms with Crippen LogP contribution >= 0.6 is 0 Å². The number of urea groups is 1. The highest BCUT2D eigenvalue weighted by atomic mass is 16.2. The molecule has 0 heterocycles. The highest BCUT2D eigenvalue weighted by molar-refractivity contribution is 5.95. The maximum Gasteiger partial charge on any atom is 0.324 e. The SMILES string of the molecule is CCCCCCCC/C=C\CCCCCCCC(=O)N(C(=O)NC1CCCCC1)C1CCCCC1. The Balaban J connectivity index is 1.57. The first-order valence-electron chi connectivity index (χ1n) is 15.5. The molecule has 0 aromatic carbocycles. The van der Waals surface area contributed by atoms with E-state index >= 15 is 0 Å². The number of nitrogens with zero attached hydrogens (tertiary/aromatic N) is 1. The number of unbranched alkanes of at least 4 members (excludes halogenated alkanes) is 11. The van der Waals surface area contributed by atoms with Crippen molar-refractivity contribution in [2.75, 3.05) is 0 Å². The van der Waals surface area contributed by atoms with Crippen molar-refractivity contribution in [3.05, 3.63) is 12.2 Å². The Bertz CT molecular complexity index is 577. The Morgan fingerprint density at radius 3 is 1.80 bits per heavy atom. The molecule has 0 aromatic heterocycles. The van der Waals surface area contributed by atoms with E-state index < -0.39 is 0 Å². The van der Waals surface area contributed by atoms with Crippen molar-refractivity contribution >= 4 is 11.9 Å². The predicted molar refractivity (Wildman–Crippen MR) is 149 cm³/mol. The van der Waals surface area contributed by atoms with Gasteiger partial charge in [-0.3, -0.25) is 9.69 Å². The van der Waals surface area contributed by atoms with Crippen LogP contribution in [-0.4, -0.2) is 28.9 Å². The van der Waals surface area contributed by atoms with Crippen LogP contribution in [0.4, 0.5) is 4.79 Å². The quantitative estimate of drug-likeness (QED) is 0.164. The summed E-state index contributed by atoms with van der Waals surface area (Å²) in [6.07, 6.45) is 32.8. The molecule has 2 aliphatic rings. The van der Waals surface area contributed by atoms with Crippen LogP contribution in [-0.2, 0) is 4.79 Å². The molecule has 3 amide bonds. The summed E-state index contributed by atoms with van der Waals surface area (Å²) in [7, 11) is 0. The van der Waals surface area contributed by atoms with E-state index in [1.165, 1.54) is 96.3 Å². The average Bonchev–Trinajstić information content (AvgIpc) is 2.88. The van der Waals surface area contributed by atoms with Crippen molar-refractivity contribution in [1.82, 2.24) is 10.2 Å². The van der Waals surface area contributed by atoms with Gasteiger partial charge in [-0.25, -0.2) is 4.79 Å². The van der Waals surface area contributed by atoms with Gasteiger partial charge < -0.3 is 5.32 Å². The third-order valence-corrected chi connectivity index (χ3v) is 8.01. The van der Waals surface area contributed by atoms with Crippen LogP contribution in [0, 0.1) is 0 Å². The lowest BCUT2D eigenvalue weighted by molar-refractivity contribution is -0.130. The van der Waals surface area contributed by atoms with Crippen molar-refractivity contribution in [1.29, 1.82) is 0 Å². The maximum absolute atomic E-state index is 13.1. The zero-order chi connectivity index (χ0) is 25.0. The summed E-state index contributed by atoms with van der Waals surface area (Å²) < 4.78 is 0. The molecule has 4 nitrogen and oxygen atoms in total. The molecule has 0 atom stereocenters. The Morgan fingerprint density at radius 1 is 0.686 bits per heavy atom. The Labute approximate surface area is 217 Å². The number of nitrogens with one attached hydrogen (secondary N) is 1. The summed E-state index contributed by atoms with van der Waals surface area (Å²) in [4.78, 5) is 27.9. The minimum atomic E-state index is -0.110. The molecule has 2 fully saturated rings. The van der Waals surface area contributed by atoms with Crippen LogP contribution in [0.2, 0.25) is 0 Å². The molecule has 0 bridgehead atoms. The second kappa shape index (κ2) is 19.8. The van der Waals surface area contributed by atoms with Crippen LogP contribution in [0.1, 0.15) is 161 Å². The number of carbonyl (C=O) groups is 2. The minimum Gasteiger partial charge on any atom is -0.335 e. The molecule has 0 saturated heterocycles. The number of allylic oxidation sites excluding steroid dienone is 2. The van der Waals surface area contributed by atoms with Crippen molar-refractivity contribution in [2.24, 2.45) is 0 Å². The molecule has 0 aromatic rings. The first-order valence-corrected chi connectivity index (χ1v) is 15.5. The molecule has 35 heavy (non-hydrogen) atoms. The molecule has 0 radical (unpaired) electrons. The van der Waals surface area contributed by atoms with E-state index in [-0.39, 0.29) is 24.0 Å². The zero-order valence-corrected chi connectivity index (χ0v) is 23.0. The molecule has 0 spiro atoms. The van der Waals surface area contributed by atoms with Gasteiger partial charge in [-0.05, 0) is 57.8 Å². The molecule has 202 valence electrons. The molecular formula is C31H56N2O2. The average molecular weight is 489 g/mol. The smallest absolute Gasteiger partial charge is 0.324 e. The van der Waals surface area contributed by atoms with E-state index in [1.807, 2.05) is 0 Å². The minimum absolute atomic E-state index is 0.0582. The molecule has 2 aliphatic carbocycles. The third-order valence-electron chi connectivity index (χ3n) is 8.01. The van der Waals surface area contributed by atoms with E-state index in [1.54, 1.807) is 4.90 Å². The van der Waals surface area contributed by atoms with Gasteiger partial charge in [-0.2, -0.15) is 0 Å². The second-order valence-electron chi connectivity index (χ2n) is 11.2. The van der Waals surface area contributed by atoms with E-state index in [2.05, 4.69) is 24.4 Å². The number of rotatable bonds is 17. The van der Waals surface area contributed by atoms with E-state index in [0.29, 0.717) is 6.42 Å². The lowest BCUT2D eigenvalue weighted by Crippen LogP contribution is -2.52. The molecular weight excluding hydrogens is 432 g/mol. The lowest BCUT2D eigenvalue weighted by atomic mass is 9.93. The standard InChI is InChI=1S/C31H56N2O2/c1-2-3-4-5-6-7-8-9-10-11-12-13-14-15-22-27-30(34)33(29-25-20-17-21-26-29)31(35)32-28-23-18-16-19-24-28/h9-10,28-29H,2-8,11-27H2,1H3,(H,32,35)/b10-9-. The summed E-state index contributed by atoms with van der Waals surface area (Å²) in [5, 5.41) is 3.21. The van der Waals surface area contributed by atoms with Gasteiger partial charge in [0.1, 0.15) is 0 Å². The largest absolute Gasteiger partial charge is 0.335 e. The van der Waals surface area contributed by atoms with Crippen molar-refractivity contribution in [2.45, 2.75) is 173 Å². The first-order chi connectivity index (χ1) is 17.2. The molecule has 1 N–H and O–H groups in total. The summed E-state index contributed by atoms with van der Waals surface area (Å²) in [6, 6.07) is 0.263. The Hall–Kier alpha value is -1.32. The fourth-order valence-corrected chi connectivity index (χ4v) is 5.78. The van der Waals surface area contributed by atoms with E-state index in [4.69, 9.17) is 0 Å². The number of imide groups is 1. The molecule has 0 unspecified atom stereocenters. The summed E-state index contributed by atoms with van der Waals surface area (Å²) in [6.45, 7) is 2.27. The van der Waals surface area contributed by atoms with E-state index in [9.17, 15) is 9.59 Å². The summed E-state index contributed by atoms with van der Waals surface area (Å²) in [5.41, 5.74) is 0. The fourth-order valence-electron chi connectivity index (χ4n) is 5.78. The molecule has 2 saturated carbocycles. The molecule has 2 rings (SSSR count). The number of hydrogen-bond donors (Lipinski definition) is 1. The van der Waals surface area contributed by atoms with Gasteiger partial charge >= 0.3 is 6.03 Å². The zero-order valence-electron chi connectivity index (χ0n) is 23.0. The second-order valence-corrected chi connectivity index (χ2v) is 11.2. The number of amides is 3. The van der Waals surface area contributed by atoms with Crippen LogP contribution in [0.3, 0.4) is 0 Å². The monoisotopic (exact) mass is 488 g/mol. The van der Waals surface area contributed by atoms with Crippen LogP contribution in [0.5, 0.6) is 0 Å². The van der Waals surface area contributed by atoms with Crippen LogP contribution in [0.25, 0.3) is 0 Å². The molecule has 0 aliphatic heterocycles. The van der Waals surface area contributed by atoms with Crippen molar-refractivity contribution in [3.8, 4) is 0 Å². The maximum atomic E-state index is 13.1. The van der Waals surface area contributed by atoms with Crippen LogP contribution < -0.4 is 5.32 Å². The Morgan fingerprint density at radius 2 is 1.20 bits per heavy atom. The van der Waals surface area contributed by atoms with E-state index in [0.717, 1.165) is 51.4 Å². The van der Waals surface area contributed by atoms with Gasteiger partial charge in [0.15, 0.2) is 0 Å². The fraction of sp³-hybridized carbons (Fsp3) is 0.871. The van der Waals surface area contributed by atoms with Gasteiger partial charge in [0.05, 0.1) is 0 Å². The number of carbonyl (C=O) groups excluding carboxylic acids is 2. The van der Waals surface area contributed by atoms with Crippen molar-refractivity contribution in [3.63, 3.8) is 0 Å². The van der Waals surface area contributed by atoms with Gasteiger partial charge in [0.25, 0.3) is 0 Å². The highest BCUT2D eigenvalue weighted by Crippen LogP contribution is 2.25. The summed E-state index contributed by atoms with van der Waals surface area (Å²) in [5.74, 6) is 0.0582. The Kier molecular flexibility index (Phi) is 16.9. The molecule has 4 heteroatoms. The normalized spacial score (nSPS) is 17.6. The van der Waals surface area contributed by atoms with Crippen LogP contribution in [0.15, 0.2) is 12.2 Å². The highest BCUT2D eigenvalue weighted by Gasteiger charge is 2.31. The summed E-state index contributed by atoms with van der Waals surface area (Å²) >= 11 is 0. The van der Waals surface area contributed by atoms with Gasteiger partial charge in [-0.15, -0.1) is 0 Å². The third kappa shape index (κ3) is 13.5. The van der Waals surface area contributed by atoms with Gasteiger partial charge in [0, 0.05) is 18.5 Å². The topological polar surface area (TPSA) is 49.4 Å². The first kappa shape index (κ1) is 29.9. The predicted octanol–water partition coefficient (Wildman–Crippen LogP) is 9.23.